The van der Waals surface area contributed by atoms with Gasteiger partial charge in [0.15, 0.2) is 0 Å². The Morgan fingerprint density at radius 2 is 0.711 bits per heavy atom. The van der Waals surface area contributed by atoms with Gasteiger partial charge in [0.25, 0.3) is 0 Å². The maximum atomic E-state index is 6.52. The van der Waals surface area contributed by atoms with Gasteiger partial charge in [0, 0.05) is 87.0 Å². The van der Waals surface area contributed by atoms with Crippen molar-refractivity contribution < 1.29 is 4.42 Å². The molecule has 0 amide bonds. The smallest absolute Gasteiger partial charge is 0.143 e. The molecule has 0 unspecified atom stereocenters. The molecule has 0 aliphatic heterocycles. The quantitative estimate of drug-likeness (QED) is 0.151. The van der Waals surface area contributed by atoms with Crippen molar-refractivity contribution >= 4 is 109 Å². The Balaban J connectivity index is 0.000000139. The van der Waals surface area contributed by atoms with Crippen LogP contribution in [0, 0.1) is 0 Å². The summed E-state index contributed by atoms with van der Waals surface area (Å²) < 4.78 is 9.28. The lowest BCUT2D eigenvalue weighted by Crippen LogP contribution is -2.16. The zero-order chi connectivity index (χ0) is 60.2. The van der Waals surface area contributed by atoms with Gasteiger partial charge in [0.05, 0.1) is 0 Å². The summed E-state index contributed by atoms with van der Waals surface area (Å²) in [5.74, 6) is 0. The van der Waals surface area contributed by atoms with Crippen LogP contribution in [-0.2, 0) is 10.8 Å². The van der Waals surface area contributed by atoms with Crippen LogP contribution in [0.5, 0.6) is 0 Å². The minimum Gasteiger partial charge on any atom is -0.455 e. The van der Waals surface area contributed by atoms with E-state index >= 15 is 0 Å². The summed E-state index contributed by atoms with van der Waals surface area (Å²) in [6.07, 6.45) is 0. The highest BCUT2D eigenvalue weighted by Crippen LogP contribution is 2.57. The van der Waals surface area contributed by atoms with E-state index in [4.69, 9.17) is 4.42 Å². The number of hydrogen-bond acceptors (Lipinski definition) is 4. The van der Waals surface area contributed by atoms with Crippen molar-refractivity contribution in [3.8, 4) is 44.5 Å². The molecular formula is C86H62N2OS. The number of anilines is 6. The Morgan fingerprint density at radius 3 is 1.27 bits per heavy atom. The molecule has 0 saturated heterocycles. The van der Waals surface area contributed by atoms with Crippen LogP contribution in [0.1, 0.15) is 49.9 Å². The summed E-state index contributed by atoms with van der Waals surface area (Å²) in [4.78, 5) is 4.75. The van der Waals surface area contributed by atoms with Gasteiger partial charge in [-0.1, -0.05) is 234 Å². The molecule has 3 nitrogen and oxygen atoms in total. The normalized spacial score (nSPS) is 13.3. The minimum absolute atomic E-state index is 0.104. The molecule has 2 aliphatic rings. The van der Waals surface area contributed by atoms with Crippen LogP contribution >= 0.6 is 11.3 Å². The highest BCUT2D eigenvalue weighted by Gasteiger charge is 2.40. The summed E-state index contributed by atoms with van der Waals surface area (Å²) >= 11 is 1.93. The van der Waals surface area contributed by atoms with Crippen LogP contribution in [0.2, 0.25) is 0 Å². The van der Waals surface area contributed by atoms with Gasteiger partial charge in [0.2, 0.25) is 0 Å². The lowest BCUT2D eigenvalue weighted by molar-refractivity contribution is 0.653. The third-order valence-corrected chi connectivity index (χ3v) is 20.5. The molecule has 0 saturated carbocycles. The number of furan rings is 1. The second kappa shape index (κ2) is 20.9. The fraction of sp³-hybridized carbons (Fsp3) is 0.0698. The summed E-state index contributed by atoms with van der Waals surface area (Å²) in [5, 5.41) is 10.1. The Labute approximate surface area is 528 Å². The fourth-order valence-corrected chi connectivity index (χ4v) is 15.9. The first kappa shape index (κ1) is 53.5. The maximum absolute atomic E-state index is 6.52. The van der Waals surface area contributed by atoms with Gasteiger partial charge in [-0.25, -0.2) is 0 Å². The predicted molar refractivity (Wildman–Crippen MR) is 383 cm³/mol. The largest absolute Gasteiger partial charge is 0.455 e. The lowest BCUT2D eigenvalue weighted by Gasteiger charge is -2.28. The molecular weight excluding hydrogens is 1110 g/mol. The van der Waals surface area contributed by atoms with E-state index in [0.717, 1.165) is 39.6 Å². The first-order valence-corrected chi connectivity index (χ1v) is 32.0. The van der Waals surface area contributed by atoms with E-state index in [1.165, 1.54) is 125 Å². The molecule has 18 rings (SSSR count). The molecule has 2 aliphatic carbocycles. The van der Waals surface area contributed by atoms with E-state index in [0.29, 0.717) is 0 Å². The van der Waals surface area contributed by atoms with Crippen LogP contribution in [0.15, 0.2) is 308 Å². The summed E-state index contributed by atoms with van der Waals surface area (Å²) in [5.41, 5.74) is 24.1. The van der Waals surface area contributed by atoms with Crippen LogP contribution in [0.3, 0.4) is 0 Å². The first-order chi connectivity index (χ1) is 44.1. The van der Waals surface area contributed by atoms with Crippen LogP contribution < -0.4 is 9.80 Å². The zero-order valence-electron chi connectivity index (χ0n) is 50.6. The topological polar surface area (TPSA) is 19.6 Å². The van der Waals surface area contributed by atoms with E-state index in [1.807, 2.05) is 17.4 Å². The van der Waals surface area contributed by atoms with Gasteiger partial charge in [-0.3, -0.25) is 0 Å². The van der Waals surface area contributed by atoms with Crippen molar-refractivity contribution in [3.05, 3.63) is 326 Å². The van der Waals surface area contributed by atoms with E-state index in [1.54, 1.807) is 0 Å². The van der Waals surface area contributed by atoms with Crippen LogP contribution in [0.25, 0.3) is 108 Å². The Morgan fingerprint density at radius 1 is 0.289 bits per heavy atom. The molecule has 4 heteroatoms. The Bertz CT molecular complexity index is 5140. The third kappa shape index (κ3) is 8.69. The minimum atomic E-state index is -0.170. The van der Waals surface area contributed by atoms with Crippen molar-refractivity contribution in [2.24, 2.45) is 0 Å². The highest BCUT2D eigenvalue weighted by atomic mass is 32.1. The summed E-state index contributed by atoms with van der Waals surface area (Å²) in [6.45, 7) is 9.43. The van der Waals surface area contributed by atoms with Crippen LogP contribution in [0.4, 0.5) is 34.1 Å². The molecule has 2 heterocycles. The van der Waals surface area contributed by atoms with E-state index < -0.39 is 0 Å². The lowest BCUT2D eigenvalue weighted by atomic mass is 9.82. The molecule has 0 radical (unpaired) electrons. The molecule has 2 aromatic heterocycles. The summed E-state index contributed by atoms with van der Waals surface area (Å²) in [7, 11) is 0. The molecule has 0 atom stereocenters. The standard InChI is InChI=1S/C43H31NO.C43H31NS/c2*1-43(2)38-25-24-36-35-14-8-9-15-40(35)45-42(36)41(38)37-23-22-34(27-39(37)43)44(32-12-4-3-5-13-32)33-20-18-29(19-21-33)31-17-16-28-10-6-7-11-30(28)26-31/h2*3-27H,1-2H3. The van der Waals surface area contributed by atoms with Gasteiger partial charge in [0.1, 0.15) is 11.2 Å². The van der Waals surface area contributed by atoms with E-state index in [-0.39, 0.29) is 10.8 Å². The number of rotatable bonds is 8. The van der Waals surface area contributed by atoms with Gasteiger partial charge in [-0.05, 0) is 174 Å². The van der Waals surface area contributed by atoms with Crippen molar-refractivity contribution in [2.75, 3.05) is 9.80 Å². The number of thiophene rings is 1. The maximum Gasteiger partial charge on any atom is 0.143 e. The van der Waals surface area contributed by atoms with Crippen molar-refractivity contribution in [2.45, 2.75) is 38.5 Å². The Kier molecular flexibility index (Phi) is 12.4. The second-order valence-corrected chi connectivity index (χ2v) is 26.2. The predicted octanol–water partition coefficient (Wildman–Crippen LogP) is 24.8. The second-order valence-electron chi connectivity index (χ2n) is 25.2. The monoisotopic (exact) mass is 1170 g/mol. The van der Waals surface area contributed by atoms with Crippen LogP contribution in [-0.4, -0.2) is 0 Å². The fourth-order valence-electron chi connectivity index (χ4n) is 14.6. The van der Waals surface area contributed by atoms with Crippen molar-refractivity contribution in [1.82, 2.24) is 0 Å². The average molecular weight is 1170 g/mol. The molecule has 428 valence electrons. The SMILES string of the molecule is CC1(C)c2cc(N(c3ccccc3)c3ccc(-c4ccc5ccccc5c4)cc3)ccc2-c2c1ccc1c2oc2ccccc21.CC1(C)c2cc(N(c3ccccc3)c3ccc(-c4ccc5ccccc5c4)cc3)ccc2-c2c1ccc1c2sc2ccccc21. The summed E-state index contributed by atoms with van der Waals surface area (Å²) in [6, 6.07) is 110. The number of nitrogens with zero attached hydrogens (tertiary/aromatic N) is 2. The van der Waals surface area contributed by atoms with Gasteiger partial charge in [-0.2, -0.15) is 0 Å². The number of hydrogen-bond donors (Lipinski definition) is 0. The van der Waals surface area contributed by atoms with Crippen molar-refractivity contribution in [3.63, 3.8) is 0 Å². The Hall–Kier alpha value is -10.8. The molecule has 0 bridgehead atoms. The molecule has 90 heavy (non-hydrogen) atoms. The molecule has 14 aromatic carbocycles. The first-order valence-electron chi connectivity index (χ1n) is 31.2. The number of fused-ring (bicyclic) bond motifs is 16. The molecule has 16 aromatic rings. The van der Waals surface area contributed by atoms with Gasteiger partial charge in [-0.15, -0.1) is 11.3 Å². The van der Waals surface area contributed by atoms with Crippen molar-refractivity contribution in [1.29, 1.82) is 0 Å². The molecule has 0 N–H and O–H groups in total. The van der Waals surface area contributed by atoms with E-state index in [9.17, 15) is 0 Å². The van der Waals surface area contributed by atoms with Gasteiger partial charge >= 0.3 is 0 Å². The highest BCUT2D eigenvalue weighted by molar-refractivity contribution is 7.26. The van der Waals surface area contributed by atoms with E-state index in [2.05, 4.69) is 335 Å². The molecule has 0 spiro atoms. The number of benzene rings is 14. The molecule has 0 fully saturated rings. The van der Waals surface area contributed by atoms with Gasteiger partial charge < -0.3 is 14.2 Å². The third-order valence-electron chi connectivity index (χ3n) is 19.3. The zero-order valence-corrected chi connectivity index (χ0v) is 51.4. The number of para-hydroxylation sites is 3. The average Bonchev–Trinajstić information content (AvgIpc) is 1.59.